The van der Waals surface area contributed by atoms with Gasteiger partial charge >= 0.3 is 0 Å². The molecule has 1 atom stereocenters. The average Bonchev–Trinajstić information content (AvgIpc) is 2.96. The van der Waals surface area contributed by atoms with Crippen molar-refractivity contribution in [3.63, 3.8) is 0 Å². The molecule has 5 heteroatoms. The highest BCUT2D eigenvalue weighted by molar-refractivity contribution is 4.83. The highest BCUT2D eigenvalue weighted by atomic mass is 16.5. The van der Waals surface area contributed by atoms with Crippen LogP contribution in [0, 0.1) is 11.8 Å². The van der Waals surface area contributed by atoms with Crippen molar-refractivity contribution >= 4 is 0 Å². The number of rotatable bonds is 7. The lowest BCUT2D eigenvalue weighted by Crippen LogP contribution is -2.29. The maximum atomic E-state index is 4.74. The van der Waals surface area contributed by atoms with Gasteiger partial charge in [-0.3, -0.25) is 0 Å². The van der Waals surface area contributed by atoms with E-state index in [-0.39, 0.29) is 0 Å². The maximum absolute atomic E-state index is 4.74. The second-order valence-corrected chi connectivity index (χ2v) is 5.60. The van der Waals surface area contributed by atoms with Gasteiger partial charge in [-0.2, -0.15) is 4.98 Å². The molecule has 0 aliphatic carbocycles. The molecule has 102 valence electrons. The van der Waals surface area contributed by atoms with Crippen molar-refractivity contribution in [2.75, 3.05) is 32.7 Å². The van der Waals surface area contributed by atoms with Crippen LogP contribution in [0.2, 0.25) is 0 Å². The summed E-state index contributed by atoms with van der Waals surface area (Å²) in [5.41, 5.74) is 0. The summed E-state index contributed by atoms with van der Waals surface area (Å²) in [5.74, 6) is 2.35. The molecular formula is C13H24N4O. The molecule has 1 saturated heterocycles. The molecule has 0 radical (unpaired) electrons. The molecule has 1 aliphatic rings. The third-order valence-corrected chi connectivity index (χ3v) is 3.41. The fourth-order valence-electron chi connectivity index (χ4n) is 2.42. The van der Waals surface area contributed by atoms with Crippen molar-refractivity contribution in [3.8, 4) is 0 Å². The largest absolute Gasteiger partial charge is 0.343 e. The van der Waals surface area contributed by atoms with E-state index in [2.05, 4.69) is 34.2 Å². The number of aromatic nitrogens is 2. The van der Waals surface area contributed by atoms with E-state index in [0.29, 0.717) is 0 Å². The van der Waals surface area contributed by atoms with Crippen molar-refractivity contribution in [1.82, 2.24) is 20.4 Å². The Balaban J connectivity index is 1.59. The molecule has 0 amide bonds. The van der Waals surface area contributed by atoms with Gasteiger partial charge in [-0.15, -0.1) is 0 Å². The Kier molecular flexibility index (Phi) is 5.13. The second-order valence-electron chi connectivity index (χ2n) is 5.60. The molecule has 2 heterocycles. The van der Waals surface area contributed by atoms with E-state index in [1.54, 1.807) is 0 Å². The predicted octanol–water partition coefficient (Wildman–Crippen LogP) is 1.18. The Labute approximate surface area is 109 Å². The number of hydrogen-bond acceptors (Lipinski definition) is 5. The van der Waals surface area contributed by atoms with Gasteiger partial charge in [-0.1, -0.05) is 19.0 Å². The number of hydrogen-bond donors (Lipinski definition) is 1. The van der Waals surface area contributed by atoms with Gasteiger partial charge in [0.15, 0.2) is 5.82 Å². The first-order valence-corrected chi connectivity index (χ1v) is 6.92. The van der Waals surface area contributed by atoms with Gasteiger partial charge in [0, 0.05) is 19.5 Å². The molecule has 0 saturated carbocycles. The zero-order chi connectivity index (χ0) is 12.8. The molecule has 1 unspecified atom stereocenters. The standard InChI is InChI=1S/C13H24N4O/c1-11(2)7-14-8-12-3-5-17(9-12)6-4-13-15-10-18-16-13/h10-12,14H,3-9H2,1-2H3. The summed E-state index contributed by atoms with van der Waals surface area (Å²) in [6.45, 7) is 10.2. The molecule has 2 rings (SSSR count). The Morgan fingerprint density at radius 1 is 1.56 bits per heavy atom. The van der Waals surface area contributed by atoms with Gasteiger partial charge in [0.1, 0.15) is 0 Å². The zero-order valence-electron chi connectivity index (χ0n) is 11.4. The molecule has 5 nitrogen and oxygen atoms in total. The first-order chi connectivity index (χ1) is 8.74. The van der Waals surface area contributed by atoms with E-state index in [0.717, 1.165) is 43.7 Å². The van der Waals surface area contributed by atoms with E-state index >= 15 is 0 Å². The monoisotopic (exact) mass is 252 g/mol. The molecule has 1 N–H and O–H groups in total. The van der Waals surface area contributed by atoms with Crippen LogP contribution in [0.15, 0.2) is 10.9 Å². The molecule has 0 aromatic carbocycles. The summed E-state index contributed by atoms with van der Waals surface area (Å²) in [5, 5.41) is 7.39. The SMILES string of the molecule is CC(C)CNCC1CCN(CCc2ncon2)C1. The van der Waals surface area contributed by atoms with Crippen molar-refractivity contribution < 1.29 is 4.52 Å². The van der Waals surface area contributed by atoms with E-state index in [9.17, 15) is 0 Å². The summed E-state index contributed by atoms with van der Waals surface area (Å²) in [7, 11) is 0. The number of nitrogens with zero attached hydrogens (tertiary/aromatic N) is 3. The topological polar surface area (TPSA) is 54.2 Å². The van der Waals surface area contributed by atoms with Gasteiger partial charge in [-0.25, -0.2) is 0 Å². The van der Waals surface area contributed by atoms with Crippen LogP contribution in [0.25, 0.3) is 0 Å². The lowest BCUT2D eigenvalue weighted by atomic mass is 10.1. The Morgan fingerprint density at radius 2 is 2.44 bits per heavy atom. The zero-order valence-corrected chi connectivity index (χ0v) is 11.4. The van der Waals surface area contributed by atoms with Crippen molar-refractivity contribution in [2.24, 2.45) is 11.8 Å². The summed E-state index contributed by atoms with van der Waals surface area (Å²) in [6.07, 6.45) is 3.60. The minimum absolute atomic E-state index is 0.737. The number of nitrogens with one attached hydrogen (secondary N) is 1. The van der Waals surface area contributed by atoms with E-state index < -0.39 is 0 Å². The summed E-state index contributed by atoms with van der Waals surface area (Å²) in [6, 6.07) is 0. The van der Waals surface area contributed by atoms with Crippen LogP contribution >= 0.6 is 0 Å². The Morgan fingerprint density at radius 3 is 3.17 bits per heavy atom. The predicted molar refractivity (Wildman–Crippen MR) is 70.3 cm³/mol. The molecule has 1 aliphatic heterocycles. The van der Waals surface area contributed by atoms with Crippen LogP contribution in [-0.4, -0.2) is 47.8 Å². The van der Waals surface area contributed by atoms with Crippen LogP contribution in [0.4, 0.5) is 0 Å². The van der Waals surface area contributed by atoms with Crippen LogP contribution in [0.1, 0.15) is 26.1 Å². The maximum Gasteiger partial charge on any atom is 0.213 e. The summed E-state index contributed by atoms with van der Waals surface area (Å²) < 4.78 is 4.74. The van der Waals surface area contributed by atoms with Crippen LogP contribution in [0.3, 0.4) is 0 Å². The van der Waals surface area contributed by atoms with Crippen LogP contribution in [-0.2, 0) is 6.42 Å². The summed E-state index contributed by atoms with van der Waals surface area (Å²) in [4.78, 5) is 6.55. The van der Waals surface area contributed by atoms with Gasteiger partial charge in [0.2, 0.25) is 6.39 Å². The van der Waals surface area contributed by atoms with Crippen molar-refractivity contribution in [1.29, 1.82) is 0 Å². The first kappa shape index (κ1) is 13.5. The molecule has 0 bridgehead atoms. The normalized spacial score (nSPS) is 20.9. The van der Waals surface area contributed by atoms with Crippen molar-refractivity contribution in [3.05, 3.63) is 12.2 Å². The Hall–Kier alpha value is -0.940. The van der Waals surface area contributed by atoms with E-state index in [4.69, 9.17) is 4.52 Å². The molecule has 18 heavy (non-hydrogen) atoms. The second kappa shape index (κ2) is 6.85. The van der Waals surface area contributed by atoms with Gasteiger partial charge in [0.25, 0.3) is 0 Å². The van der Waals surface area contributed by atoms with Gasteiger partial charge in [0.05, 0.1) is 0 Å². The minimum Gasteiger partial charge on any atom is -0.343 e. The Bertz CT molecular complexity index is 326. The number of likely N-dealkylation sites (tertiary alicyclic amines) is 1. The van der Waals surface area contributed by atoms with Crippen LogP contribution in [0.5, 0.6) is 0 Å². The molecule has 1 fully saturated rings. The minimum atomic E-state index is 0.737. The quantitative estimate of drug-likeness (QED) is 0.789. The van der Waals surface area contributed by atoms with Gasteiger partial charge < -0.3 is 14.7 Å². The van der Waals surface area contributed by atoms with E-state index in [1.165, 1.54) is 25.9 Å². The van der Waals surface area contributed by atoms with Crippen LogP contribution < -0.4 is 5.32 Å². The fourth-order valence-corrected chi connectivity index (χ4v) is 2.42. The third-order valence-electron chi connectivity index (χ3n) is 3.41. The molecule has 1 aromatic rings. The molecule has 0 spiro atoms. The molecule has 1 aromatic heterocycles. The lowest BCUT2D eigenvalue weighted by Gasteiger charge is -2.15. The fraction of sp³-hybridized carbons (Fsp3) is 0.846. The van der Waals surface area contributed by atoms with Crippen molar-refractivity contribution in [2.45, 2.75) is 26.7 Å². The van der Waals surface area contributed by atoms with Gasteiger partial charge in [-0.05, 0) is 37.9 Å². The smallest absolute Gasteiger partial charge is 0.213 e. The lowest BCUT2D eigenvalue weighted by molar-refractivity contribution is 0.319. The average molecular weight is 252 g/mol. The first-order valence-electron chi connectivity index (χ1n) is 6.92. The van der Waals surface area contributed by atoms with E-state index in [1.807, 2.05) is 0 Å². The highest BCUT2D eigenvalue weighted by Gasteiger charge is 2.21. The molecular weight excluding hydrogens is 228 g/mol. The summed E-state index contributed by atoms with van der Waals surface area (Å²) >= 11 is 0. The third kappa shape index (κ3) is 4.38. The highest BCUT2D eigenvalue weighted by Crippen LogP contribution is 2.15.